The van der Waals surface area contributed by atoms with E-state index in [2.05, 4.69) is 42.5 Å². The fourth-order valence-electron chi connectivity index (χ4n) is 2.90. The maximum absolute atomic E-state index is 9.55. The molecular weight excluding hydrogens is 222 g/mol. The van der Waals surface area contributed by atoms with E-state index in [-0.39, 0.29) is 6.10 Å². The van der Waals surface area contributed by atoms with Crippen molar-refractivity contribution in [1.29, 1.82) is 0 Å². The minimum atomic E-state index is -0.0683. The van der Waals surface area contributed by atoms with Crippen LogP contribution < -0.4 is 4.90 Å². The second kappa shape index (κ2) is 5.09. The van der Waals surface area contributed by atoms with Crippen LogP contribution in [0.1, 0.15) is 18.4 Å². The first-order chi connectivity index (χ1) is 8.83. The third-order valence-electron chi connectivity index (χ3n) is 3.98. The van der Waals surface area contributed by atoms with Crippen molar-refractivity contribution in [3.63, 3.8) is 0 Å². The summed E-state index contributed by atoms with van der Waals surface area (Å²) in [5.74, 6) is 0. The highest BCUT2D eigenvalue weighted by Gasteiger charge is 2.20. The molecule has 1 heterocycles. The standard InChI is InChI=1S/C16H19NO/c18-15-8-10-17(11-9-15)12-14-6-3-5-13-4-1-2-7-16(13)14/h1-7,15,18H,8-12H2/p+1. The number of hydrogen-bond donors (Lipinski definition) is 2. The Morgan fingerprint density at radius 1 is 1.00 bits per heavy atom. The number of piperidine rings is 1. The van der Waals surface area contributed by atoms with Gasteiger partial charge in [-0.3, -0.25) is 0 Å². The first-order valence-electron chi connectivity index (χ1n) is 6.81. The van der Waals surface area contributed by atoms with Crippen LogP contribution in [0.2, 0.25) is 0 Å². The van der Waals surface area contributed by atoms with Crippen molar-refractivity contribution in [2.45, 2.75) is 25.5 Å². The molecule has 0 spiro atoms. The van der Waals surface area contributed by atoms with Crippen molar-refractivity contribution in [2.24, 2.45) is 0 Å². The van der Waals surface area contributed by atoms with Gasteiger partial charge in [0, 0.05) is 18.4 Å². The molecule has 1 aliphatic heterocycles. The second-order valence-corrected chi connectivity index (χ2v) is 5.30. The molecule has 18 heavy (non-hydrogen) atoms. The van der Waals surface area contributed by atoms with E-state index < -0.39 is 0 Å². The summed E-state index contributed by atoms with van der Waals surface area (Å²) in [6.45, 7) is 3.25. The number of fused-ring (bicyclic) bond motifs is 1. The maximum Gasteiger partial charge on any atom is 0.103 e. The lowest BCUT2D eigenvalue weighted by atomic mass is 10.0. The van der Waals surface area contributed by atoms with Gasteiger partial charge < -0.3 is 10.0 Å². The van der Waals surface area contributed by atoms with Gasteiger partial charge in [-0.25, -0.2) is 0 Å². The molecule has 3 rings (SSSR count). The van der Waals surface area contributed by atoms with E-state index in [0.29, 0.717) is 0 Å². The van der Waals surface area contributed by atoms with Crippen LogP contribution in [0.5, 0.6) is 0 Å². The van der Waals surface area contributed by atoms with Crippen LogP contribution in [0, 0.1) is 0 Å². The van der Waals surface area contributed by atoms with E-state index in [0.717, 1.165) is 32.5 Å². The van der Waals surface area contributed by atoms with Crippen LogP contribution in [0.25, 0.3) is 10.8 Å². The molecule has 0 unspecified atom stereocenters. The van der Waals surface area contributed by atoms with Gasteiger partial charge in [-0.2, -0.15) is 0 Å². The molecule has 2 aromatic carbocycles. The Kier molecular flexibility index (Phi) is 3.31. The van der Waals surface area contributed by atoms with Crippen LogP contribution >= 0.6 is 0 Å². The molecule has 0 radical (unpaired) electrons. The summed E-state index contributed by atoms with van der Waals surface area (Å²) >= 11 is 0. The average molecular weight is 242 g/mol. The number of nitrogens with one attached hydrogen (secondary N) is 1. The quantitative estimate of drug-likeness (QED) is 0.817. The van der Waals surface area contributed by atoms with Gasteiger partial charge in [-0.15, -0.1) is 0 Å². The highest BCUT2D eigenvalue weighted by Crippen LogP contribution is 2.17. The van der Waals surface area contributed by atoms with Gasteiger partial charge in [-0.05, 0) is 10.8 Å². The molecule has 1 fully saturated rings. The summed E-state index contributed by atoms with van der Waals surface area (Å²) in [5.41, 5.74) is 1.43. The molecule has 2 heteroatoms. The third-order valence-corrected chi connectivity index (χ3v) is 3.98. The minimum absolute atomic E-state index is 0.0683. The molecule has 2 N–H and O–H groups in total. The largest absolute Gasteiger partial charge is 0.393 e. The Labute approximate surface area is 108 Å². The van der Waals surface area contributed by atoms with Crippen LogP contribution in [-0.4, -0.2) is 24.3 Å². The smallest absolute Gasteiger partial charge is 0.103 e. The average Bonchev–Trinajstić information content (AvgIpc) is 2.42. The number of benzene rings is 2. The van der Waals surface area contributed by atoms with Gasteiger partial charge in [0.05, 0.1) is 19.2 Å². The summed E-state index contributed by atoms with van der Waals surface area (Å²) in [4.78, 5) is 1.59. The van der Waals surface area contributed by atoms with Crippen LogP contribution in [-0.2, 0) is 6.54 Å². The van der Waals surface area contributed by atoms with Crippen LogP contribution in [0.15, 0.2) is 42.5 Å². The summed E-state index contributed by atoms with van der Waals surface area (Å²) < 4.78 is 0. The molecular formula is C16H20NO+. The predicted octanol–water partition coefficient (Wildman–Crippen LogP) is 1.38. The zero-order valence-electron chi connectivity index (χ0n) is 10.6. The fraction of sp³-hybridized carbons (Fsp3) is 0.375. The predicted molar refractivity (Wildman–Crippen MR) is 73.6 cm³/mol. The molecule has 0 amide bonds. The van der Waals surface area contributed by atoms with Crippen molar-refractivity contribution >= 4 is 10.8 Å². The lowest BCUT2D eigenvalue weighted by Gasteiger charge is -2.27. The number of rotatable bonds is 2. The zero-order valence-corrected chi connectivity index (χ0v) is 10.6. The highest BCUT2D eigenvalue weighted by molar-refractivity contribution is 5.85. The third kappa shape index (κ3) is 2.40. The van der Waals surface area contributed by atoms with Gasteiger partial charge in [-0.1, -0.05) is 42.5 Å². The Hall–Kier alpha value is -1.38. The van der Waals surface area contributed by atoms with Crippen LogP contribution in [0.4, 0.5) is 0 Å². The molecule has 2 aromatic rings. The molecule has 2 nitrogen and oxygen atoms in total. The molecule has 94 valence electrons. The Bertz CT molecular complexity index is 524. The summed E-state index contributed by atoms with van der Waals surface area (Å²) in [5, 5.41) is 12.3. The number of hydrogen-bond acceptors (Lipinski definition) is 1. The van der Waals surface area contributed by atoms with Crippen LogP contribution in [0.3, 0.4) is 0 Å². The molecule has 1 saturated heterocycles. The Balaban J connectivity index is 1.82. The first kappa shape index (κ1) is 11.7. The van der Waals surface area contributed by atoms with Crippen molar-refractivity contribution in [3.05, 3.63) is 48.0 Å². The zero-order chi connectivity index (χ0) is 12.4. The van der Waals surface area contributed by atoms with E-state index in [1.807, 2.05) is 0 Å². The molecule has 1 aliphatic rings. The van der Waals surface area contributed by atoms with Crippen molar-refractivity contribution in [2.75, 3.05) is 13.1 Å². The fourth-order valence-corrected chi connectivity index (χ4v) is 2.90. The molecule has 0 saturated carbocycles. The van der Waals surface area contributed by atoms with Gasteiger partial charge in [0.1, 0.15) is 6.54 Å². The maximum atomic E-state index is 9.55. The summed E-state index contributed by atoms with van der Waals surface area (Å²) in [6.07, 6.45) is 1.82. The lowest BCUT2D eigenvalue weighted by molar-refractivity contribution is -0.919. The molecule has 0 atom stereocenters. The summed E-state index contributed by atoms with van der Waals surface area (Å²) in [7, 11) is 0. The van der Waals surface area contributed by atoms with Crippen molar-refractivity contribution in [1.82, 2.24) is 0 Å². The van der Waals surface area contributed by atoms with Gasteiger partial charge in [0.2, 0.25) is 0 Å². The van der Waals surface area contributed by atoms with Gasteiger partial charge in [0.15, 0.2) is 0 Å². The first-order valence-corrected chi connectivity index (χ1v) is 6.81. The SMILES string of the molecule is OC1CC[NH+](Cc2cccc3ccccc23)CC1. The Morgan fingerprint density at radius 3 is 2.56 bits per heavy atom. The van der Waals surface area contributed by atoms with E-state index in [4.69, 9.17) is 0 Å². The Morgan fingerprint density at radius 2 is 1.72 bits per heavy atom. The van der Waals surface area contributed by atoms with Gasteiger partial charge >= 0.3 is 0 Å². The minimum Gasteiger partial charge on any atom is -0.393 e. The van der Waals surface area contributed by atoms with Crippen molar-refractivity contribution in [3.8, 4) is 0 Å². The topological polar surface area (TPSA) is 24.7 Å². The number of likely N-dealkylation sites (tertiary alicyclic amines) is 1. The van der Waals surface area contributed by atoms with E-state index >= 15 is 0 Å². The highest BCUT2D eigenvalue weighted by atomic mass is 16.3. The molecule has 0 aliphatic carbocycles. The normalized spacial score (nSPS) is 24.3. The van der Waals surface area contributed by atoms with Crippen molar-refractivity contribution < 1.29 is 10.0 Å². The number of aliphatic hydroxyl groups excluding tert-OH is 1. The van der Waals surface area contributed by atoms with E-state index in [1.54, 1.807) is 4.90 Å². The number of quaternary nitrogens is 1. The molecule has 0 bridgehead atoms. The summed E-state index contributed by atoms with van der Waals surface area (Å²) in [6, 6.07) is 15.2. The molecule has 0 aromatic heterocycles. The number of aliphatic hydroxyl groups is 1. The lowest BCUT2D eigenvalue weighted by Crippen LogP contribution is -3.12. The van der Waals surface area contributed by atoms with E-state index in [1.165, 1.54) is 16.3 Å². The monoisotopic (exact) mass is 242 g/mol. The second-order valence-electron chi connectivity index (χ2n) is 5.30. The van der Waals surface area contributed by atoms with E-state index in [9.17, 15) is 5.11 Å². The van der Waals surface area contributed by atoms with Gasteiger partial charge in [0.25, 0.3) is 0 Å².